The zero-order chi connectivity index (χ0) is 9.02. The number of nitrogens with two attached hydrogens (primary N) is 1. The Morgan fingerprint density at radius 1 is 1.64 bits per heavy atom. The van der Waals surface area contributed by atoms with Crippen LogP contribution in [-0.2, 0) is 4.79 Å². The molecule has 0 saturated heterocycles. The van der Waals surface area contributed by atoms with Crippen molar-refractivity contribution < 1.29 is 9.90 Å². The predicted octanol–water partition coefficient (Wildman–Crippen LogP) is -0.276. The molecular weight excluding hydrogens is 164 g/mol. The first-order valence-corrected chi connectivity index (χ1v) is 3.64. The Balaban J connectivity index is 3.85. The number of thiocarbonyl (C=S) groups is 1. The number of carboxylic acids is 1. The number of hydrogen-bond donors (Lipinski definition) is 3. The molecule has 0 amide bonds. The van der Waals surface area contributed by atoms with Gasteiger partial charge >= 0.3 is 5.97 Å². The zero-order valence-electron chi connectivity index (χ0n) is 6.50. The monoisotopic (exact) mass is 176 g/mol. The minimum Gasteiger partial charge on any atom is -0.480 e. The Hall–Kier alpha value is -0.680. The Labute approximate surface area is 70.8 Å². The van der Waals surface area contributed by atoms with Crippen LogP contribution in [-0.4, -0.2) is 28.1 Å². The molecule has 0 aliphatic carbocycles. The average molecular weight is 176 g/mol. The SMILES string of the molecule is CC(N)C(=S)NC(C)C(=O)O. The van der Waals surface area contributed by atoms with E-state index in [1.54, 1.807) is 6.92 Å². The summed E-state index contributed by atoms with van der Waals surface area (Å²) >= 11 is 4.77. The highest BCUT2D eigenvalue weighted by atomic mass is 32.1. The van der Waals surface area contributed by atoms with Crippen LogP contribution in [0.4, 0.5) is 0 Å². The molecular formula is C6H12N2O2S. The third-order valence-electron chi connectivity index (χ3n) is 1.14. The van der Waals surface area contributed by atoms with E-state index in [-0.39, 0.29) is 6.04 Å². The summed E-state index contributed by atoms with van der Waals surface area (Å²) in [4.78, 5) is 10.7. The maximum Gasteiger partial charge on any atom is 0.325 e. The molecule has 0 saturated carbocycles. The van der Waals surface area contributed by atoms with Crippen molar-refractivity contribution in [3.63, 3.8) is 0 Å². The molecule has 0 aromatic rings. The second-order valence-corrected chi connectivity index (χ2v) is 2.80. The third-order valence-corrected chi connectivity index (χ3v) is 1.63. The molecule has 0 radical (unpaired) electrons. The van der Waals surface area contributed by atoms with Crippen LogP contribution in [0.15, 0.2) is 0 Å². The fourth-order valence-electron chi connectivity index (χ4n) is 0.407. The molecule has 0 spiro atoms. The van der Waals surface area contributed by atoms with E-state index in [0.717, 1.165) is 0 Å². The summed E-state index contributed by atoms with van der Waals surface area (Å²) in [5.74, 6) is -0.937. The van der Waals surface area contributed by atoms with Crippen LogP contribution in [0.5, 0.6) is 0 Å². The molecule has 0 aliphatic rings. The summed E-state index contributed by atoms with van der Waals surface area (Å²) < 4.78 is 0. The van der Waals surface area contributed by atoms with E-state index >= 15 is 0 Å². The Kier molecular flexibility index (Phi) is 3.99. The van der Waals surface area contributed by atoms with Gasteiger partial charge in [0.1, 0.15) is 6.04 Å². The van der Waals surface area contributed by atoms with Crippen molar-refractivity contribution in [3.05, 3.63) is 0 Å². The quantitative estimate of drug-likeness (QED) is 0.516. The molecule has 0 fully saturated rings. The first kappa shape index (κ1) is 10.3. The number of carbonyl (C=O) groups is 1. The predicted molar refractivity (Wildman–Crippen MR) is 46.5 cm³/mol. The average Bonchev–Trinajstić information content (AvgIpc) is 1.87. The lowest BCUT2D eigenvalue weighted by atomic mass is 10.3. The second kappa shape index (κ2) is 4.25. The molecule has 2 atom stereocenters. The van der Waals surface area contributed by atoms with E-state index in [2.05, 4.69) is 5.32 Å². The summed E-state index contributed by atoms with van der Waals surface area (Å²) in [6.45, 7) is 3.21. The molecule has 4 nitrogen and oxygen atoms in total. The number of carboxylic acid groups (broad SMARTS) is 1. The lowest BCUT2D eigenvalue weighted by Crippen LogP contribution is -2.44. The number of nitrogens with one attached hydrogen (secondary N) is 1. The molecule has 0 rings (SSSR count). The van der Waals surface area contributed by atoms with Gasteiger partial charge in [-0.05, 0) is 13.8 Å². The van der Waals surface area contributed by atoms with Gasteiger partial charge in [0.05, 0.1) is 11.0 Å². The summed E-state index contributed by atoms with van der Waals surface area (Å²) in [6, 6.07) is -0.972. The van der Waals surface area contributed by atoms with Crippen LogP contribution in [0.1, 0.15) is 13.8 Å². The molecule has 64 valence electrons. The fourth-order valence-corrected chi connectivity index (χ4v) is 0.583. The van der Waals surface area contributed by atoms with Gasteiger partial charge in [0.2, 0.25) is 0 Å². The van der Waals surface area contributed by atoms with E-state index in [4.69, 9.17) is 23.1 Å². The summed E-state index contributed by atoms with van der Waals surface area (Å²) in [7, 11) is 0. The highest BCUT2D eigenvalue weighted by molar-refractivity contribution is 7.80. The van der Waals surface area contributed by atoms with E-state index in [0.29, 0.717) is 4.99 Å². The highest BCUT2D eigenvalue weighted by Crippen LogP contribution is 1.85. The van der Waals surface area contributed by atoms with Crippen molar-refractivity contribution >= 4 is 23.2 Å². The Bertz CT molecular complexity index is 170. The van der Waals surface area contributed by atoms with Crippen molar-refractivity contribution in [2.24, 2.45) is 5.73 Å². The van der Waals surface area contributed by atoms with Crippen molar-refractivity contribution in [1.82, 2.24) is 5.32 Å². The molecule has 0 aliphatic heterocycles. The van der Waals surface area contributed by atoms with Crippen molar-refractivity contribution in [3.8, 4) is 0 Å². The third kappa shape index (κ3) is 3.90. The Morgan fingerprint density at radius 3 is 2.36 bits per heavy atom. The summed E-state index contributed by atoms with van der Waals surface area (Å²) in [6.07, 6.45) is 0. The van der Waals surface area contributed by atoms with Crippen LogP contribution in [0.25, 0.3) is 0 Å². The molecule has 4 N–H and O–H groups in total. The van der Waals surface area contributed by atoms with Crippen molar-refractivity contribution in [2.75, 3.05) is 0 Å². The van der Waals surface area contributed by atoms with E-state index in [9.17, 15) is 4.79 Å². The Morgan fingerprint density at radius 2 is 2.09 bits per heavy atom. The fraction of sp³-hybridized carbons (Fsp3) is 0.667. The number of aliphatic carboxylic acids is 1. The topological polar surface area (TPSA) is 75.3 Å². The van der Waals surface area contributed by atoms with Gasteiger partial charge in [0.25, 0.3) is 0 Å². The summed E-state index contributed by atoms with van der Waals surface area (Å²) in [5.41, 5.74) is 5.39. The molecule has 11 heavy (non-hydrogen) atoms. The van der Waals surface area contributed by atoms with Crippen LogP contribution < -0.4 is 11.1 Å². The van der Waals surface area contributed by atoms with Crippen LogP contribution >= 0.6 is 12.2 Å². The first-order chi connectivity index (χ1) is 4.95. The van der Waals surface area contributed by atoms with Crippen LogP contribution in [0.2, 0.25) is 0 Å². The normalized spacial score (nSPS) is 15.2. The highest BCUT2D eigenvalue weighted by Gasteiger charge is 2.12. The summed E-state index contributed by atoms with van der Waals surface area (Å²) in [5, 5.41) is 11.0. The van der Waals surface area contributed by atoms with Gasteiger partial charge in [-0.1, -0.05) is 12.2 Å². The lowest BCUT2D eigenvalue weighted by Gasteiger charge is -2.13. The largest absolute Gasteiger partial charge is 0.480 e. The van der Waals surface area contributed by atoms with Gasteiger partial charge < -0.3 is 16.2 Å². The van der Waals surface area contributed by atoms with Crippen LogP contribution in [0.3, 0.4) is 0 Å². The first-order valence-electron chi connectivity index (χ1n) is 3.24. The van der Waals surface area contributed by atoms with E-state index in [1.165, 1.54) is 6.92 Å². The molecule has 5 heteroatoms. The van der Waals surface area contributed by atoms with Crippen molar-refractivity contribution in [2.45, 2.75) is 25.9 Å². The van der Waals surface area contributed by atoms with Gasteiger partial charge in [0, 0.05) is 0 Å². The maximum atomic E-state index is 10.3. The van der Waals surface area contributed by atoms with Gasteiger partial charge in [-0.2, -0.15) is 0 Å². The lowest BCUT2D eigenvalue weighted by molar-refractivity contribution is -0.138. The molecule has 2 unspecified atom stereocenters. The van der Waals surface area contributed by atoms with Gasteiger partial charge in [0.15, 0.2) is 0 Å². The molecule has 0 aromatic heterocycles. The number of rotatable bonds is 3. The number of hydrogen-bond acceptors (Lipinski definition) is 3. The molecule has 0 heterocycles. The van der Waals surface area contributed by atoms with Gasteiger partial charge in [-0.25, -0.2) is 0 Å². The van der Waals surface area contributed by atoms with Gasteiger partial charge in [-0.3, -0.25) is 4.79 Å². The molecule has 0 bridgehead atoms. The minimum absolute atomic E-state index is 0.299. The zero-order valence-corrected chi connectivity index (χ0v) is 7.31. The standard InChI is InChI=1S/C6H12N2O2S/c1-3(7)5(11)8-4(2)6(9)10/h3-4H,7H2,1-2H3,(H,8,11)(H,9,10). The smallest absolute Gasteiger partial charge is 0.325 e. The maximum absolute atomic E-state index is 10.3. The van der Waals surface area contributed by atoms with Gasteiger partial charge in [-0.15, -0.1) is 0 Å². The van der Waals surface area contributed by atoms with E-state index in [1.807, 2.05) is 0 Å². The van der Waals surface area contributed by atoms with Crippen molar-refractivity contribution in [1.29, 1.82) is 0 Å². The molecule has 0 aromatic carbocycles. The minimum atomic E-state index is -0.937. The van der Waals surface area contributed by atoms with E-state index < -0.39 is 12.0 Å². The second-order valence-electron chi connectivity index (χ2n) is 2.36. The van der Waals surface area contributed by atoms with Crippen LogP contribution in [0, 0.1) is 0 Å².